The standard InChI is InChI=1S/C18H28N4O3S2/c1-5-22(6-2)27(24,25)15-9-7-13(3)16(11-15)20-18(26)19-14-8-10-17(23)21(4)12-14/h7,9,11,14H,5-6,8,10,12H2,1-4H3,(H2,19,20,26). The number of rotatable bonds is 6. The lowest BCUT2D eigenvalue weighted by Crippen LogP contribution is -2.49. The lowest BCUT2D eigenvalue weighted by molar-refractivity contribution is -0.132. The summed E-state index contributed by atoms with van der Waals surface area (Å²) < 4.78 is 26.9. The number of nitrogens with zero attached hydrogens (tertiary/aromatic N) is 2. The first-order valence-electron chi connectivity index (χ1n) is 9.11. The van der Waals surface area contributed by atoms with Gasteiger partial charge in [0.25, 0.3) is 0 Å². The molecule has 0 saturated carbocycles. The molecule has 1 amide bonds. The number of benzene rings is 1. The summed E-state index contributed by atoms with van der Waals surface area (Å²) in [6, 6.07) is 5.09. The Labute approximate surface area is 167 Å². The highest BCUT2D eigenvalue weighted by Gasteiger charge is 2.24. The molecule has 0 aromatic heterocycles. The first kappa shape index (κ1) is 21.6. The minimum absolute atomic E-state index is 0.0793. The number of hydrogen-bond acceptors (Lipinski definition) is 4. The molecular weight excluding hydrogens is 384 g/mol. The summed E-state index contributed by atoms with van der Waals surface area (Å²) >= 11 is 5.39. The molecule has 2 N–H and O–H groups in total. The second-order valence-corrected chi connectivity index (χ2v) is 9.02. The van der Waals surface area contributed by atoms with Crippen molar-refractivity contribution < 1.29 is 13.2 Å². The lowest BCUT2D eigenvalue weighted by Gasteiger charge is -2.31. The zero-order chi connectivity index (χ0) is 20.2. The number of amides is 1. The van der Waals surface area contributed by atoms with Gasteiger partial charge in [0.2, 0.25) is 15.9 Å². The van der Waals surface area contributed by atoms with Crippen LogP contribution < -0.4 is 10.6 Å². The molecule has 1 atom stereocenters. The maximum Gasteiger partial charge on any atom is 0.243 e. The van der Waals surface area contributed by atoms with Crippen molar-refractivity contribution in [3.63, 3.8) is 0 Å². The molecule has 7 nitrogen and oxygen atoms in total. The van der Waals surface area contributed by atoms with Crippen LogP contribution in [-0.4, -0.2) is 61.4 Å². The second kappa shape index (κ2) is 8.99. The number of carbonyl (C=O) groups is 1. The average Bonchev–Trinajstić information content (AvgIpc) is 2.60. The van der Waals surface area contributed by atoms with Crippen LogP contribution >= 0.6 is 12.2 Å². The molecule has 0 spiro atoms. The Bertz CT molecular complexity index is 807. The predicted molar refractivity (Wildman–Crippen MR) is 111 cm³/mol. The van der Waals surface area contributed by atoms with Crippen LogP contribution in [0.4, 0.5) is 5.69 Å². The number of nitrogens with one attached hydrogen (secondary N) is 2. The number of anilines is 1. The molecule has 1 fully saturated rings. The number of piperidine rings is 1. The maximum atomic E-state index is 12.7. The Balaban J connectivity index is 2.12. The molecule has 0 aliphatic carbocycles. The first-order valence-corrected chi connectivity index (χ1v) is 11.0. The Hall–Kier alpha value is -1.71. The average molecular weight is 413 g/mol. The van der Waals surface area contributed by atoms with Gasteiger partial charge in [0, 0.05) is 44.8 Å². The van der Waals surface area contributed by atoms with E-state index in [4.69, 9.17) is 12.2 Å². The molecular formula is C18H28N4O3S2. The maximum absolute atomic E-state index is 12.7. The molecule has 1 aromatic rings. The van der Waals surface area contributed by atoms with Crippen molar-refractivity contribution >= 4 is 38.9 Å². The molecule has 1 unspecified atom stereocenters. The van der Waals surface area contributed by atoms with E-state index in [0.717, 1.165) is 12.0 Å². The molecule has 9 heteroatoms. The molecule has 1 aromatic carbocycles. The zero-order valence-electron chi connectivity index (χ0n) is 16.3. The highest BCUT2D eigenvalue weighted by molar-refractivity contribution is 7.89. The molecule has 1 aliphatic heterocycles. The van der Waals surface area contributed by atoms with Gasteiger partial charge < -0.3 is 15.5 Å². The minimum atomic E-state index is -3.53. The summed E-state index contributed by atoms with van der Waals surface area (Å²) in [5.74, 6) is 0.136. The van der Waals surface area contributed by atoms with E-state index in [2.05, 4.69) is 10.6 Å². The molecule has 0 bridgehead atoms. The fourth-order valence-electron chi connectivity index (χ4n) is 3.08. The smallest absolute Gasteiger partial charge is 0.243 e. The SMILES string of the molecule is CCN(CC)S(=O)(=O)c1ccc(C)c(NC(=S)NC2CCC(=O)N(C)C2)c1. The Morgan fingerprint density at radius 1 is 1.33 bits per heavy atom. The largest absolute Gasteiger partial charge is 0.358 e. The van der Waals surface area contributed by atoms with Gasteiger partial charge in [-0.15, -0.1) is 0 Å². The zero-order valence-corrected chi connectivity index (χ0v) is 17.9. The van der Waals surface area contributed by atoms with Crippen LogP contribution in [0.15, 0.2) is 23.1 Å². The molecule has 27 heavy (non-hydrogen) atoms. The van der Waals surface area contributed by atoms with E-state index in [-0.39, 0.29) is 16.8 Å². The van der Waals surface area contributed by atoms with Crippen LogP contribution in [0.1, 0.15) is 32.3 Å². The summed E-state index contributed by atoms with van der Waals surface area (Å²) in [6.45, 7) is 6.97. The van der Waals surface area contributed by atoms with Crippen LogP contribution in [0.2, 0.25) is 0 Å². The third kappa shape index (κ3) is 5.18. The van der Waals surface area contributed by atoms with E-state index in [1.165, 1.54) is 4.31 Å². The fraction of sp³-hybridized carbons (Fsp3) is 0.556. The van der Waals surface area contributed by atoms with Gasteiger partial charge in [-0.2, -0.15) is 4.31 Å². The van der Waals surface area contributed by atoms with Gasteiger partial charge in [0.15, 0.2) is 5.11 Å². The summed E-state index contributed by atoms with van der Waals surface area (Å²) in [5, 5.41) is 6.74. The molecule has 0 radical (unpaired) electrons. The van der Waals surface area contributed by atoms with Crippen LogP contribution in [0, 0.1) is 6.92 Å². The topological polar surface area (TPSA) is 81.8 Å². The van der Waals surface area contributed by atoms with E-state index < -0.39 is 10.0 Å². The van der Waals surface area contributed by atoms with Gasteiger partial charge in [0.1, 0.15) is 0 Å². The molecule has 1 aliphatic rings. The van der Waals surface area contributed by atoms with Crippen molar-refractivity contribution in [3.05, 3.63) is 23.8 Å². The number of hydrogen-bond donors (Lipinski definition) is 2. The van der Waals surface area contributed by atoms with Gasteiger partial charge in [-0.3, -0.25) is 4.79 Å². The van der Waals surface area contributed by atoms with E-state index in [0.29, 0.717) is 36.9 Å². The van der Waals surface area contributed by atoms with E-state index in [9.17, 15) is 13.2 Å². The lowest BCUT2D eigenvalue weighted by atomic mass is 10.1. The van der Waals surface area contributed by atoms with Crippen LogP contribution in [0.25, 0.3) is 0 Å². The van der Waals surface area contributed by atoms with Crippen LogP contribution in [0.5, 0.6) is 0 Å². The number of aryl methyl sites for hydroxylation is 1. The fourth-order valence-corrected chi connectivity index (χ4v) is 4.84. The molecule has 2 rings (SSSR count). The van der Waals surface area contributed by atoms with E-state index >= 15 is 0 Å². The van der Waals surface area contributed by atoms with Crippen LogP contribution in [0.3, 0.4) is 0 Å². The Kier molecular flexibility index (Phi) is 7.19. The number of thiocarbonyl (C=S) groups is 1. The van der Waals surface area contributed by atoms with Crippen molar-refractivity contribution in [3.8, 4) is 0 Å². The summed E-state index contributed by atoms with van der Waals surface area (Å²) in [6.07, 6.45) is 1.22. The normalized spacial score (nSPS) is 17.9. The van der Waals surface area contributed by atoms with E-state index in [1.807, 2.05) is 20.8 Å². The summed E-state index contributed by atoms with van der Waals surface area (Å²) in [5.41, 5.74) is 1.55. The Morgan fingerprint density at radius 3 is 2.59 bits per heavy atom. The van der Waals surface area contributed by atoms with E-state index in [1.54, 1.807) is 30.1 Å². The predicted octanol–water partition coefficient (Wildman–Crippen LogP) is 1.93. The van der Waals surface area contributed by atoms with Crippen molar-refractivity contribution in [1.82, 2.24) is 14.5 Å². The third-order valence-corrected chi connectivity index (χ3v) is 7.03. The molecule has 1 saturated heterocycles. The minimum Gasteiger partial charge on any atom is -0.358 e. The van der Waals surface area contributed by atoms with Gasteiger partial charge in [0.05, 0.1) is 4.90 Å². The number of likely N-dealkylation sites (N-methyl/N-ethyl adjacent to an activating group) is 1. The van der Waals surface area contributed by atoms with Gasteiger partial charge in [-0.05, 0) is 43.3 Å². The van der Waals surface area contributed by atoms with Gasteiger partial charge in [-0.1, -0.05) is 19.9 Å². The van der Waals surface area contributed by atoms with Crippen molar-refractivity contribution in [2.24, 2.45) is 0 Å². The first-order chi connectivity index (χ1) is 12.7. The summed E-state index contributed by atoms with van der Waals surface area (Å²) in [4.78, 5) is 13.5. The molecule has 150 valence electrons. The number of sulfonamides is 1. The third-order valence-electron chi connectivity index (χ3n) is 4.76. The second-order valence-electron chi connectivity index (χ2n) is 6.67. The highest BCUT2D eigenvalue weighted by Crippen LogP contribution is 2.23. The van der Waals surface area contributed by atoms with Crippen molar-refractivity contribution in [2.45, 2.75) is 44.6 Å². The van der Waals surface area contributed by atoms with Crippen molar-refractivity contribution in [1.29, 1.82) is 0 Å². The van der Waals surface area contributed by atoms with Gasteiger partial charge in [-0.25, -0.2) is 8.42 Å². The monoisotopic (exact) mass is 412 g/mol. The quantitative estimate of drug-likeness (QED) is 0.695. The summed E-state index contributed by atoms with van der Waals surface area (Å²) in [7, 11) is -1.76. The number of carbonyl (C=O) groups excluding carboxylic acids is 1. The molecule has 1 heterocycles. The van der Waals surface area contributed by atoms with Gasteiger partial charge >= 0.3 is 0 Å². The van der Waals surface area contributed by atoms with Crippen molar-refractivity contribution in [2.75, 3.05) is 32.0 Å². The highest BCUT2D eigenvalue weighted by atomic mass is 32.2. The van der Waals surface area contributed by atoms with Crippen LogP contribution in [-0.2, 0) is 14.8 Å². The Morgan fingerprint density at radius 2 is 2.00 bits per heavy atom. The number of likely N-dealkylation sites (tertiary alicyclic amines) is 1.